The van der Waals surface area contributed by atoms with Crippen molar-refractivity contribution in [3.05, 3.63) is 107 Å². The van der Waals surface area contributed by atoms with Gasteiger partial charge in [-0.05, 0) is 35.6 Å². The first-order chi connectivity index (χ1) is 16.6. The maximum atomic E-state index is 13.7. The smallest absolute Gasteiger partial charge is 0.243 e. The Hall–Kier alpha value is -3.11. The molecule has 3 aromatic rings. The highest BCUT2D eigenvalue weighted by molar-refractivity contribution is 6.31. The highest BCUT2D eigenvalue weighted by Crippen LogP contribution is 2.23. The fourth-order valence-corrected chi connectivity index (χ4v) is 4.80. The second kappa shape index (κ2) is 11.8. The third-order valence-electron chi connectivity index (χ3n) is 6.47. The van der Waals surface area contributed by atoms with Crippen molar-refractivity contribution in [2.24, 2.45) is 0 Å². The van der Waals surface area contributed by atoms with Crippen molar-refractivity contribution in [1.29, 1.82) is 0 Å². The minimum Gasteiger partial charge on any atom is -0.352 e. The summed E-state index contributed by atoms with van der Waals surface area (Å²) < 4.78 is 0. The van der Waals surface area contributed by atoms with Crippen molar-refractivity contribution < 1.29 is 9.59 Å². The first-order valence-corrected chi connectivity index (χ1v) is 12.4. The Kier molecular flexibility index (Phi) is 8.37. The van der Waals surface area contributed by atoms with Crippen LogP contribution in [0, 0.1) is 0 Å². The van der Waals surface area contributed by atoms with Crippen LogP contribution in [0.1, 0.15) is 42.4 Å². The number of carbonyl (C=O) groups is 2. The molecule has 4 nitrogen and oxygen atoms in total. The molecule has 34 heavy (non-hydrogen) atoms. The van der Waals surface area contributed by atoms with Gasteiger partial charge in [0.25, 0.3) is 0 Å². The summed E-state index contributed by atoms with van der Waals surface area (Å²) in [6.45, 7) is 0.279. The fraction of sp³-hybridized carbons (Fsp3) is 0.310. The molecule has 3 aromatic carbocycles. The molecule has 0 saturated heterocycles. The van der Waals surface area contributed by atoms with Crippen LogP contribution in [0.15, 0.2) is 84.9 Å². The number of halogens is 1. The molecule has 0 bridgehead atoms. The quantitative estimate of drug-likeness (QED) is 0.440. The van der Waals surface area contributed by atoms with Crippen molar-refractivity contribution in [3.63, 3.8) is 0 Å². The lowest BCUT2D eigenvalue weighted by molar-refractivity contribution is -0.141. The Morgan fingerprint density at radius 3 is 2.09 bits per heavy atom. The van der Waals surface area contributed by atoms with Gasteiger partial charge in [0.2, 0.25) is 11.8 Å². The summed E-state index contributed by atoms with van der Waals surface area (Å²) in [6.07, 6.45) is 4.92. The van der Waals surface area contributed by atoms with E-state index < -0.39 is 6.04 Å². The fourth-order valence-electron chi connectivity index (χ4n) is 4.60. The van der Waals surface area contributed by atoms with Crippen LogP contribution in [0.4, 0.5) is 0 Å². The van der Waals surface area contributed by atoms with Gasteiger partial charge in [-0.1, -0.05) is 103 Å². The summed E-state index contributed by atoms with van der Waals surface area (Å²) >= 11 is 6.48. The highest BCUT2D eigenvalue weighted by atomic mass is 35.5. The number of nitrogens with zero attached hydrogens (tertiary/aromatic N) is 1. The van der Waals surface area contributed by atoms with Crippen molar-refractivity contribution in [3.8, 4) is 0 Å². The lowest BCUT2D eigenvalue weighted by Crippen LogP contribution is -2.52. The normalized spacial score (nSPS) is 14.5. The first kappa shape index (κ1) is 24.0. The molecule has 5 heteroatoms. The lowest BCUT2D eigenvalue weighted by atomic mass is 10.0. The number of benzene rings is 3. The van der Waals surface area contributed by atoms with Crippen LogP contribution in [0.3, 0.4) is 0 Å². The standard InChI is InChI=1S/C29H31ClN2O2/c30-26-18-10-7-15-24(26)21-32(28(33)20-23-13-5-2-6-14-23)27(19-22-11-3-1-4-12-22)29(34)31-25-16-8-9-17-25/h1-7,10-15,18,25,27H,8-9,16-17,19-21H2,(H,31,34). The number of hydrogen-bond acceptors (Lipinski definition) is 2. The number of carbonyl (C=O) groups excluding carboxylic acids is 2. The number of nitrogens with one attached hydrogen (secondary N) is 1. The van der Waals surface area contributed by atoms with Gasteiger partial charge in [0, 0.05) is 24.0 Å². The van der Waals surface area contributed by atoms with Gasteiger partial charge >= 0.3 is 0 Å². The molecule has 1 aliphatic rings. The second-order valence-corrected chi connectivity index (χ2v) is 9.38. The molecule has 1 aliphatic carbocycles. The largest absolute Gasteiger partial charge is 0.352 e. The van der Waals surface area contributed by atoms with Crippen molar-refractivity contribution >= 4 is 23.4 Å². The van der Waals surface area contributed by atoms with E-state index in [9.17, 15) is 9.59 Å². The molecule has 0 heterocycles. The molecule has 4 rings (SSSR count). The minimum absolute atomic E-state index is 0.0892. The molecule has 176 valence electrons. The maximum absolute atomic E-state index is 13.7. The minimum atomic E-state index is -0.629. The SMILES string of the molecule is O=C(NC1CCCC1)C(Cc1ccccc1)N(Cc1ccccc1Cl)C(=O)Cc1ccccc1. The van der Waals surface area contributed by atoms with Crippen LogP contribution in [-0.4, -0.2) is 28.8 Å². The van der Waals surface area contributed by atoms with Crippen LogP contribution >= 0.6 is 11.6 Å². The Morgan fingerprint density at radius 2 is 1.44 bits per heavy atom. The second-order valence-electron chi connectivity index (χ2n) is 8.97. The van der Waals surface area contributed by atoms with Gasteiger partial charge in [0.1, 0.15) is 6.04 Å². The summed E-state index contributed by atoms with van der Waals surface area (Å²) in [7, 11) is 0. The van der Waals surface area contributed by atoms with Crippen molar-refractivity contribution in [2.75, 3.05) is 0 Å². The van der Waals surface area contributed by atoms with Crippen LogP contribution in [-0.2, 0) is 29.0 Å². The zero-order valence-corrected chi connectivity index (χ0v) is 20.1. The monoisotopic (exact) mass is 474 g/mol. The zero-order valence-electron chi connectivity index (χ0n) is 19.3. The Balaban J connectivity index is 1.66. The summed E-state index contributed by atoms with van der Waals surface area (Å²) in [6, 6.07) is 26.6. The topological polar surface area (TPSA) is 49.4 Å². The Bertz CT molecular complexity index is 1080. The summed E-state index contributed by atoms with van der Waals surface area (Å²) in [4.78, 5) is 29.1. The van der Waals surface area contributed by atoms with Gasteiger partial charge in [0.15, 0.2) is 0 Å². The average molecular weight is 475 g/mol. The van der Waals surface area contributed by atoms with E-state index >= 15 is 0 Å². The molecule has 2 amide bonds. The number of hydrogen-bond donors (Lipinski definition) is 1. The van der Waals surface area contributed by atoms with E-state index in [0.717, 1.165) is 42.4 Å². The van der Waals surface area contributed by atoms with Crippen molar-refractivity contribution in [1.82, 2.24) is 10.2 Å². The van der Waals surface area contributed by atoms with Crippen molar-refractivity contribution in [2.45, 2.75) is 57.2 Å². The first-order valence-electron chi connectivity index (χ1n) is 12.0. The summed E-state index contributed by atoms with van der Waals surface area (Å²) in [5, 5.41) is 3.83. The van der Waals surface area contributed by atoms with Gasteiger partial charge in [0.05, 0.1) is 6.42 Å². The number of rotatable bonds is 9. The van der Waals surface area contributed by atoms with E-state index in [-0.39, 0.29) is 30.8 Å². The molecule has 1 fully saturated rings. The highest BCUT2D eigenvalue weighted by Gasteiger charge is 2.32. The van der Waals surface area contributed by atoms with E-state index in [1.54, 1.807) is 4.90 Å². The van der Waals surface area contributed by atoms with Gasteiger partial charge in [-0.25, -0.2) is 0 Å². The molecule has 0 radical (unpaired) electrons. The molecular weight excluding hydrogens is 444 g/mol. The van der Waals surface area contributed by atoms with Crippen LogP contribution in [0.5, 0.6) is 0 Å². The van der Waals surface area contributed by atoms with Gasteiger partial charge in [-0.3, -0.25) is 9.59 Å². The molecule has 1 saturated carbocycles. The molecule has 0 aromatic heterocycles. The summed E-state index contributed by atoms with van der Waals surface area (Å²) in [5.74, 6) is -0.183. The molecular formula is C29H31ClN2O2. The molecule has 0 spiro atoms. The van der Waals surface area contributed by atoms with Crippen LogP contribution in [0.25, 0.3) is 0 Å². The van der Waals surface area contributed by atoms with E-state index in [2.05, 4.69) is 5.32 Å². The van der Waals surface area contributed by atoms with Gasteiger partial charge in [-0.2, -0.15) is 0 Å². The van der Waals surface area contributed by atoms with Crippen LogP contribution < -0.4 is 5.32 Å². The third kappa shape index (κ3) is 6.48. The van der Waals surface area contributed by atoms with E-state index in [1.165, 1.54) is 0 Å². The van der Waals surface area contributed by atoms with Crippen LogP contribution in [0.2, 0.25) is 5.02 Å². The predicted molar refractivity (Wildman–Crippen MR) is 136 cm³/mol. The predicted octanol–water partition coefficient (Wildman–Crippen LogP) is 5.58. The van der Waals surface area contributed by atoms with Gasteiger partial charge < -0.3 is 10.2 Å². The molecule has 1 atom stereocenters. The third-order valence-corrected chi connectivity index (χ3v) is 6.84. The Morgan fingerprint density at radius 1 is 0.853 bits per heavy atom. The molecule has 1 unspecified atom stereocenters. The Labute approximate surface area is 206 Å². The maximum Gasteiger partial charge on any atom is 0.243 e. The molecule has 0 aliphatic heterocycles. The van der Waals surface area contributed by atoms with E-state index in [0.29, 0.717) is 11.4 Å². The average Bonchev–Trinajstić information content (AvgIpc) is 3.36. The van der Waals surface area contributed by atoms with E-state index in [1.807, 2.05) is 84.9 Å². The lowest BCUT2D eigenvalue weighted by Gasteiger charge is -2.32. The number of amides is 2. The summed E-state index contributed by atoms with van der Waals surface area (Å²) in [5.41, 5.74) is 2.77. The zero-order chi connectivity index (χ0) is 23.8. The molecule has 1 N–H and O–H groups in total. The van der Waals surface area contributed by atoms with Gasteiger partial charge in [-0.15, -0.1) is 0 Å². The van der Waals surface area contributed by atoms with E-state index in [4.69, 9.17) is 11.6 Å².